The van der Waals surface area contributed by atoms with Gasteiger partial charge in [0.2, 0.25) is 0 Å². The molecule has 0 aliphatic carbocycles. The average Bonchev–Trinajstić information content (AvgIpc) is 2.48. The van der Waals surface area contributed by atoms with E-state index in [1.165, 1.54) is 30.1 Å². The largest absolute Gasteiger partial charge is 0.698 e. The van der Waals surface area contributed by atoms with Crippen molar-refractivity contribution < 1.29 is 18.0 Å². The summed E-state index contributed by atoms with van der Waals surface area (Å²) in [6.45, 7) is 1.76. The lowest BCUT2D eigenvalue weighted by molar-refractivity contribution is -0.137. The van der Waals surface area contributed by atoms with Crippen LogP contribution < -0.4 is 4.90 Å². The monoisotopic (exact) mass is 307 g/mol. The van der Waals surface area contributed by atoms with Gasteiger partial charge in [-0.25, -0.2) is 0 Å². The molecule has 0 bridgehead atoms. The van der Waals surface area contributed by atoms with Gasteiger partial charge in [-0.05, 0) is 31.2 Å². The van der Waals surface area contributed by atoms with Crippen LogP contribution in [-0.2, 0) is 6.18 Å². The van der Waals surface area contributed by atoms with Gasteiger partial charge in [0.15, 0.2) is 0 Å². The normalized spacial score (nSPS) is 11.3. The van der Waals surface area contributed by atoms with Crippen LogP contribution in [0, 0.1) is 6.92 Å². The minimum atomic E-state index is -4.49. The standard InChI is InChI=1S/C16H14F3N2O/c1-10-6-7-13(9-14(10)20)21(2)15(22)11-4-3-5-12(8-11)16(17,18)19/h3-9,20H,1-2H3/q-1. The van der Waals surface area contributed by atoms with Gasteiger partial charge in [0, 0.05) is 18.3 Å². The predicted molar refractivity (Wildman–Crippen MR) is 79.3 cm³/mol. The Morgan fingerprint density at radius 2 is 1.82 bits per heavy atom. The summed E-state index contributed by atoms with van der Waals surface area (Å²) in [7, 11) is 1.46. The summed E-state index contributed by atoms with van der Waals surface area (Å²) in [5, 5.41) is 0. The molecule has 0 saturated carbocycles. The maximum Gasteiger partial charge on any atom is 0.416 e. The minimum Gasteiger partial charge on any atom is -0.698 e. The lowest BCUT2D eigenvalue weighted by Crippen LogP contribution is -2.26. The van der Waals surface area contributed by atoms with Gasteiger partial charge in [0.05, 0.1) is 5.56 Å². The molecule has 116 valence electrons. The smallest absolute Gasteiger partial charge is 0.416 e. The summed E-state index contributed by atoms with van der Waals surface area (Å²) in [6, 6.07) is 9.13. The number of amides is 1. The van der Waals surface area contributed by atoms with Gasteiger partial charge < -0.3 is 10.6 Å². The van der Waals surface area contributed by atoms with Crippen molar-refractivity contribution in [3.8, 4) is 0 Å². The third-order valence-corrected chi connectivity index (χ3v) is 3.35. The second kappa shape index (κ2) is 5.71. The summed E-state index contributed by atoms with van der Waals surface area (Å²) in [5.74, 6) is -0.561. The quantitative estimate of drug-likeness (QED) is 0.772. The Kier molecular flexibility index (Phi) is 4.12. The van der Waals surface area contributed by atoms with Crippen molar-refractivity contribution in [2.45, 2.75) is 13.1 Å². The summed E-state index contributed by atoms with van der Waals surface area (Å²) < 4.78 is 38.1. The Balaban J connectivity index is 2.33. The molecule has 22 heavy (non-hydrogen) atoms. The van der Waals surface area contributed by atoms with Crippen molar-refractivity contribution >= 4 is 17.3 Å². The number of anilines is 1. The van der Waals surface area contributed by atoms with Crippen molar-refractivity contribution in [3.63, 3.8) is 0 Å². The van der Waals surface area contributed by atoms with Crippen LogP contribution in [0.2, 0.25) is 0 Å². The summed E-state index contributed by atoms with van der Waals surface area (Å²) in [6.07, 6.45) is -4.49. The van der Waals surface area contributed by atoms with Gasteiger partial charge in [0.1, 0.15) is 0 Å². The number of carbonyl (C=O) groups is 1. The maximum absolute atomic E-state index is 12.7. The molecule has 0 heterocycles. The number of hydrogen-bond acceptors (Lipinski definition) is 1. The second-order valence-electron chi connectivity index (χ2n) is 4.94. The topological polar surface area (TPSA) is 44.1 Å². The van der Waals surface area contributed by atoms with E-state index < -0.39 is 17.6 Å². The second-order valence-corrected chi connectivity index (χ2v) is 4.94. The van der Waals surface area contributed by atoms with Crippen LogP contribution in [0.15, 0.2) is 42.5 Å². The number of benzene rings is 2. The fourth-order valence-electron chi connectivity index (χ4n) is 1.96. The van der Waals surface area contributed by atoms with Gasteiger partial charge in [0.25, 0.3) is 5.91 Å². The predicted octanol–water partition coefficient (Wildman–Crippen LogP) is 4.97. The van der Waals surface area contributed by atoms with E-state index in [4.69, 9.17) is 5.73 Å². The first-order valence-electron chi connectivity index (χ1n) is 6.47. The minimum absolute atomic E-state index is 0.0515. The number of halogens is 3. The molecule has 0 spiro atoms. The molecule has 2 rings (SSSR count). The van der Waals surface area contributed by atoms with E-state index in [9.17, 15) is 18.0 Å². The molecule has 0 aromatic heterocycles. The molecule has 0 atom stereocenters. The Morgan fingerprint density at radius 3 is 2.41 bits per heavy atom. The number of rotatable bonds is 2. The Bertz CT molecular complexity index is 711. The molecular weight excluding hydrogens is 293 g/mol. The Labute approximate surface area is 126 Å². The summed E-state index contributed by atoms with van der Waals surface area (Å²) in [5.41, 5.74) is 8.29. The van der Waals surface area contributed by atoms with Crippen molar-refractivity contribution in [1.82, 2.24) is 0 Å². The van der Waals surface area contributed by atoms with E-state index in [2.05, 4.69) is 0 Å². The Morgan fingerprint density at radius 1 is 1.14 bits per heavy atom. The maximum atomic E-state index is 12.7. The number of nitrogens with zero attached hydrogens (tertiary/aromatic N) is 1. The molecule has 0 aliphatic rings. The van der Waals surface area contributed by atoms with Crippen LogP contribution in [0.1, 0.15) is 21.5 Å². The Hall–Kier alpha value is -2.50. The fraction of sp³-hybridized carbons (Fsp3) is 0.188. The first-order chi connectivity index (χ1) is 10.2. The molecule has 6 heteroatoms. The molecule has 1 N–H and O–H groups in total. The van der Waals surface area contributed by atoms with Crippen LogP contribution in [0.3, 0.4) is 0 Å². The molecule has 0 saturated heterocycles. The third-order valence-electron chi connectivity index (χ3n) is 3.35. The zero-order chi connectivity index (χ0) is 16.5. The van der Waals surface area contributed by atoms with E-state index in [1.54, 1.807) is 19.1 Å². The van der Waals surface area contributed by atoms with Gasteiger partial charge in [-0.1, -0.05) is 23.8 Å². The van der Waals surface area contributed by atoms with E-state index in [0.717, 1.165) is 17.7 Å². The average molecular weight is 307 g/mol. The molecule has 2 aromatic rings. The molecule has 0 radical (unpaired) electrons. The van der Waals surface area contributed by atoms with Crippen molar-refractivity contribution in [3.05, 3.63) is 64.9 Å². The summed E-state index contributed by atoms with van der Waals surface area (Å²) in [4.78, 5) is 13.5. The van der Waals surface area contributed by atoms with Gasteiger partial charge in [-0.3, -0.25) is 4.79 Å². The number of alkyl halides is 3. The SMILES string of the molecule is Cc1ccc(N(C)C(=O)c2cccc(C(F)(F)F)c2)cc1[NH-]. The molecule has 1 amide bonds. The highest BCUT2D eigenvalue weighted by atomic mass is 19.4. The zero-order valence-electron chi connectivity index (χ0n) is 12.0. The number of hydrogen-bond donors (Lipinski definition) is 0. The number of nitrogens with one attached hydrogen (secondary N) is 1. The summed E-state index contributed by atoms with van der Waals surface area (Å²) >= 11 is 0. The van der Waals surface area contributed by atoms with Crippen LogP contribution in [-0.4, -0.2) is 13.0 Å². The van der Waals surface area contributed by atoms with Crippen LogP contribution in [0.25, 0.3) is 5.73 Å². The molecule has 3 nitrogen and oxygen atoms in total. The molecule has 0 aliphatic heterocycles. The number of carbonyl (C=O) groups excluding carboxylic acids is 1. The first kappa shape index (κ1) is 15.9. The van der Waals surface area contributed by atoms with Crippen molar-refractivity contribution in [2.75, 3.05) is 11.9 Å². The zero-order valence-corrected chi connectivity index (χ0v) is 12.0. The lowest BCUT2D eigenvalue weighted by atomic mass is 10.1. The molecule has 2 aromatic carbocycles. The van der Waals surface area contributed by atoms with Gasteiger partial charge in [-0.2, -0.15) is 13.2 Å². The lowest BCUT2D eigenvalue weighted by Gasteiger charge is -2.20. The fourth-order valence-corrected chi connectivity index (χ4v) is 1.96. The first-order valence-corrected chi connectivity index (χ1v) is 6.47. The van der Waals surface area contributed by atoms with E-state index >= 15 is 0 Å². The molecule has 0 fully saturated rings. The highest BCUT2D eigenvalue weighted by Crippen LogP contribution is 2.30. The van der Waals surface area contributed by atoms with Gasteiger partial charge in [-0.15, -0.1) is 5.69 Å². The van der Waals surface area contributed by atoms with Crippen LogP contribution in [0.5, 0.6) is 0 Å². The van der Waals surface area contributed by atoms with Gasteiger partial charge >= 0.3 is 6.18 Å². The van der Waals surface area contributed by atoms with E-state index in [-0.39, 0.29) is 11.3 Å². The molecular formula is C16H14F3N2O-. The van der Waals surface area contributed by atoms with E-state index in [0.29, 0.717) is 5.69 Å². The number of aryl methyl sites for hydroxylation is 1. The van der Waals surface area contributed by atoms with Crippen LogP contribution in [0.4, 0.5) is 24.5 Å². The highest BCUT2D eigenvalue weighted by Gasteiger charge is 2.31. The van der Waals surface area contributed by atoms with Crippen LogP contribution >= 0.6 is 0 Å². The molecule has 0 unspecified atom stereocenters. The van der Waals surface area contributed by atoms with E-state index in [1.807, 2.05) is 0 Å². The highest BCUT2D eigenvalue weighted by molar-refractivity contribution is 6.06. The third kappa shape index (κ3) is 3.21. The van der Waals surface area contributed by atoms with Crippen molar-refractivity contribution in [1.29, 1.82) is 0 Å². The van der Waals surface area contributed by atoms with Crippen molar-refractivity contribution in [2.24, 2.45) is 0 Å².